The van der Waals surface area contributed by atoms with E-state index in [0.29, 0.717) is 13.0 Å². The number of carbonyl (C=O) groups excluding carboxylic acids is 2. The number of hydrogen-bond donors (Lipinski definition) is 1. The summed E-state index contributed by atoms with van der Waals surface area (Å²) in [5.41, 5.74) is 4.94. The lowest BCUT2D eigenvalue weighted by Crippen LogP contribution is -2.25. The highest BCUT2D eigenvalue weighted by atomic mass is 16.2. The van der Waals surface area contributed by atoms with Crippen molar-refractivity contribution in [2.75, 3.05) is 10.2 Å². The van der Waals surface area contributed by atoms with Gasteiger partial charge in [-0.2, -0.15) is 0 Å². The molecule has 4 heteroatoms. The van der Waals surface area contributed by atoms with Crippen LogP contribution in [0.1, 0.15) is 23.6 Å². The van der Waals surface area contributed by atoms with Crippen molar-refractivity contribution in [3.8, 4) is 0 Å². The van der Waals surface area contributed by atoms with Crippen molar-refractivity contribution < 1.29 is 9.59 Å². The summed E-state index contributed by atoms with van der Waals surface area (Å²) in [6.07, 6.45) is 0.384. The number of anilines is 2. The van der Waals surface area contributed by atoms with E-state index in [-0.39, 0.29) is 11.8 Å². The summed E-state index contributed by atoms with van der Waals surface area (Å²) in [6.45, 7) is 4.09. The molecule has 0 radical (unpaired) electrons. The van der Waals surface area contributed by atoms with Crippen LogP contribution in [0.25, 0.3) is 0 Å². The summed E-state index contributed by atoms with van der Waals surface area (Å²) >= 11 is 0. The zero-order chi connectivity index (χ0) is 15.7. The lowest BCUT2D eigenvalue weighted by molar-refractivity contribution is -0.117. The van der Waals surface area contributed by atoms with Gasteiger partial charge in [-0.15, -0.1) is 0 Å². The van der Waals surface area contributed by atoms with Crippen LogP contribution >= 0.6 is 0 Å². The van der Waals surface area contributed by atoms with Crippen LogP contribution < -0.4 is 10.2 Å². The lowest BCUT2D eigenvalue weighted by atomic mass is 10.1. The maximum absolute atomic E-state index is 12.3. The Labute approximate surface area is 129 Å². The van der Waals surface area contributed by atoms with Crippen LogP contribution in [0.3, 0.4) is 0 Å². The summed E-state index contributed by atoms with van der Waals surface area (Å²) in [5, 5.41) is 2.75. The van der Waals surface area contributed by atoms with Gasteiger partial charge in [0.15, 0.2) is 0 Å². The topological polar surface area (TPSA) is 49.4 Å². The Kier molecular flexibility index (Phi) is 3.67. The molecule has 0 atom stereocenters. The van der Waals surface area contributed by atoms with Crippen LogP contribution in [0.2, 0.25) is 0 Å². The number of nitrogens with zero attached hydrogens (tertiary/aromatic N) is 1. The first-order valence-corrected chi connectivity index (χ1v) is 7.29. The Morgan fingerprint density at radius 2 is 1.91 bits per heavy atom. The van der Waals surface area contributed by atoms with E-state index in [1.54, 1.807) is 4.90 Å². The minimum Gasteiger partial charge on any atom is -0.326 e. The summed E-state index contributed by atoms with van der Waals surface area (Å²) in [6, 6.07) is 13.8. The SMILES string of the molecule is CC(=O)Nc1ccc2c(c1)CC(=O)N2Cc1ccc(C)cc1. The van der Waals surface area contributed by atoms with Crippen LogP contribution in [0.5, 0.6) is 0 Å². The molecule has 2 aromatic rings. The lowest BCUT2D eigenvalue weighted by Gasteiger charge is -2.18. The van der Waals surface area contributed by atoms with Gasteiger partial charge in [0.2, 0.25) is 11.8 Å². The Hall–Kier alpha value is -2.62. The molecule has 0 bridgehead atoms. The molecule has 2 aromatic carbocycles. The molecule has 0 saturated carbocycles. The second kappa shape index (κ2) is 5.64. The van der Waals surface area contributed by atoms with Crippen molar-refractivity contribution in [2.45, 2.75) is 26.8 Å². The summed E-state index contributed by atoms with van der Waals surface area (Å²) in [5.74, 6) is -0.0173. The van der Waals surface area contributed by atoms with Crippen LogP contribution in [0, 0.1) is 6.92 Å². The smallest absolute Gasteiger partial charge is 0.231 e. The van der Waals surface area contributed by atoms with Gasteiger partial charge in [-0.3, -0.25) is 9.59 Å². The molecule has 4 nitrogen and oxygen atoms in total. The van der Waals surface area contributed by atoms with E-state index in [1.807, 2.05) is 37.3 Å². The molecule has 0 spiro atoms. The van der Waals surface area contributed by atoms with Gasteiger partial charge in [0.05, 0.1) is 13.0 Å². The fourth-order valence-corrected chi connectivity index (χ4v) is 2.71. The first-order chi connectivity index (χ1) is 10.5. The molecule has 22 heavy (non-hydrogen) atoms. The fraction of sp³-hybridized carbons (Fsp3) is 0.222. The average Bonchev–Trinajstić information content (AvgIpc) is 2.76. The van der Waals surface area contributed by atoms with Crippen molar-refractivity contribution in [3.63, 3.8) is 0 Å². The van der Waals surface area contributed by atoms with Gasteiger partial charge in [0.25, 0.3) is 0 Å². The third-order valence-corrected chi connectivity index (χ3v) is 3.79. The van der Waals surface area contributed by atoms with E-state index in [4.69, 9.17) is 0 Å². The Balaban J connectivity index is 1.85. The number of benzene rings is 2. The minimum atomic E-state index is -0.110. The molecule has 1 heterocycles. The third kappa shape index (κ3) is 2.86. The van der Waals surface area contributed by atoms with Crippen molar-refractivity contribution in [1.29, 1.82) is 0 Å². The van der Waals surface area contributed by atoms with Gasteiger partial charge >= 0.3 is 0 Å². The third-order valence-electron chi connectivity index (χ3n) is 3.79. The van der Waals surface area contributed by atoms with E-state index in [2.05, 4.69) is 17.4 Å². The maximum atomic E-state index is 12.3. The largest absolute Gasteiger partial charge is 0.326 e. The number of rotatable bonds is 3. The van der Waals surface area contributed by atoms with Gasteiger partial charge in [0, 0.05) is 18.3 Å². The average molecular weight is 294 g/mol. The van der Waals surface area contributed by atoms with Gasteiger partial charge in [-0.25, -0.2) is 0 Å². The number of fused-ring (bicyclic) bond motifs is 1. The van der Waals surface area contributed by atoms with Crippen LogP contribution in [0.4, 0.5) is 11.4 Å². The Morgan fingerprint density at radius 3 is 2.59 bits per heavy atom. The van der Waals surface area contributed by atoms with Gasteiger partial charge in [0.1, 0.15) is 0 Å². The molecular formula is C18H18N2O2. The van der Waals surface area contributed by atoms with Gasteiger partial charge in [-0.05, 0) is 36.2 Å². The highest BCUT2D eigenvalue weighted by Crippen LogP contribution is 2.32. The number of aryl methyl sites for hydroxylation is 1. The maximum Gasteiger partial charge on any atom is 0.231 e. The van der Waals surface area contributed by atoms with E-state index < -0.39 is 0 Å². The Morgan fingerprint density at radius 1 is 1.18 bits per heavy atom. The quantitative estimate of drug-likeness (QED) is 0.946. The first-order valence-electron chi connectivity index (χ1n) is 7.29. The fourth-order valence-electron chi connectivity index (χ4n) is 2.71. The molecule has 3 rings (SSSR count). The molecular weight excluding hydrogens is 276 g/mol. The normalized spacial score (nSPS) is 13.2. The van der Waals surface area contributed by atoms with Gasteiger partial charge in [-0.1, -0.05) is 29.8 Å². The van der Waals surface area contributed by atoms with E-state index in [9.17, 15) is 9.59 Å². The van der Waals surface area contributed by atoms with Gasteiger partial charge < -0.3 is 10.2 Å². The summed E-state index contributed by atoms with van der Waals surface area (Å²) in [4.78, 5) is 25.2. The van der Waals surface area contributed by atoms with Crippen molar-refractivity contribution >= 4 is 23.2 Å². The van der Waals surface area contributed by atoms with E-state index in [1.165, 1.54) is 12.5 Å². The minimum absolute atomic E-state index is 0.0931. The first kappa shape index (κ1) is 14.3. The van der Waals surface area contributed by atoms with Crippen molar-refractivity contribution in [1.82, 2.24) is 0 Å². The molecule has 0 saturated heterocycles. The molecule has 112 valence electrons. The molecule has 0 unspecified atom stereocenters. The van der Waals surface area contributed by atoms with Crippen LogP contribution in [-0.4, -0.2) is 11.8 Å². The zero-order valence-corrected chi connectivity index (χ0v) is 12.7. The Bertz CT molecular complexity index is 735. The number of hydrogen-bond acceptors (Lipinski definition) is 2. The van der Waals surface area contributed by atoms with Crippen molar-refractivity contribution in [2.24, 2.45) is 0 Å². The molecule has 1 aliphatic rings. The second-order valence-corrected chi connectivity index (χ2v) is 5.67. The van der Waals surface area contributed by atoms with Crippen LogP contribution in [-0.2, 0) is 22.6 Å². The number of nitrogens with one attached hydrogen (secondary N) is 1. The van der Waals surface area contributed by atoms with E-state index in [0.717, 1.165) is 22.5 Å². The molecule has 0 aliphatic carbocycles. The molecule has 1 N–H and O–H groups in total. The second-order valence-electron chi connectivity index (χ2n) is 5.67. The summed E-state index contributed by atoms with van der Waals surface area (Å²) in [7, 11) is 0. The molecule has 0 aromatic heterocycles. The van der Waals surface area contributed by atoms with Crippen molar-refractivity contribution in [3.05, 3.63) is 59.2 Å². The summed E-state index contributed by atoms with van der Waals surface area (Å²) < 4.78 is 0. The highest BCUT2D eigenvalue weighted by molar-refractivity contribution is 6.02. The van der Waals surface area contributed by atoms with E-state index >= 15 is 0 Å². The molecule has 0 fully saturated rings. The van der Waals surface area contributed by atoms with Crippen LogP contribution in [0.15, 0.2) is 42.5 Å². The number of carbonyl (C=O) groups is 2. The zero-order valence-electron chi connectivity index (χ0n) is 12.7. The molecule has 1 aliphatic heterocycles. The highest BCUT2D eigenvalue weighted by Gasteiger charge is 2.27. The number of amides is 2. The molecule has 2 amide bonds. The standard InChI is InChI=1S/C18H18N2O2/c1-12-3-5-14(6-4-12)11-20-17-8-7-16(19-13(2)21)9-15(17)10-18(20)22/h3-9H,10-11H2,1-2H3,(H,19,21). The predicted molar refractivity (Wildman–Crippen MR) is 86.8 cm³/mol. The predicted octanol–water partition coefficient (Wildman–Crippen LogP) is 3.04. The monoisotopic (exact) mass is 294 g/mol.